The van der Waals surface area contributed by atoms with Crippen molar-refractivity contribution in [2.45, 2.75) is 32.0 Å². The Morgan fingerprint density at radius 3 is 2.30 bits per heavy atom. The molecule has 0 aliphatic heterocycles. The van der Waals surface area contributed by atoms with Crippen molar-refractivity contribution in [1.29, 1.82) is 0 Å². The first-order valence-electron chi connectivity index (χ1n) is 14.5. The molecule has 0 spiro atoms. The summed E-state index contributed by atoms with van der Waals surface area (Å²) in [5, 5.41) is 19.5. The molecule has 0 heterocycles. The lowest BCUT2D eigenvalue weighted by molar-refractivity contribution is -0.111. The molecule has 44 heavy (non-hydrogen) atoms. The fourth-order valence-electron chi connectivity index (χ4n) is 5.26. The summed E-state index contributed by atoms with van der Waals surface area (Å²) >= 11 is 0. The lowest BCUT2D eigenvalue weighted by atomic mass is 9.94. The molecule has 5 aromatic rings. The third-order valence-corrected chi connectivity index (χ3v) is 7.33. The maximum absolute atomic E-state index is 13.5. The highest BCUT2D eigenvalue weighted by molar-refractivity contribution is 6.01. The van der Waals surface area contributed by atoms with E-state index in [2.05, 4.69) is 10.6 Å². The van der Waals surface area contributed by atoms with Crippen LogP contribution in [0, 0.1) is 0 Å². The van der Waals surface area contributed by atoms with Gasteiger partial charge in [-0.2, -0.15) is 0 Å². The van der Waals surface area contributed by atoms with E-state index in [0.29, 0.717) is 47.5 Å². The Hall–Kier alpha value is -5.34. The highest BCUT2D eigenvalue weighted by Gasteiger charge is 2.29. The van der Waals surface area contributed by atoms with Crippen LogP contribution >= 0.6 is 0 Å². The quantitative estimate of drug-likeness (QED) is 0.0916. The van der Waals surface area contributed by atoms with Gasteiger partial charge in [-0.3, -0.25) is 10.1 Å². The first-order chi connectivity index (χ1) is 21.4. The number of nitrogen functional groups attached to an aromatic ring is 1. The number of benzene rings is 5. The van der Waals surface area contributed by atoms with Crippen LogP contribution in [0.15, 0.2) is 115 Å². The number of phenols is 1. The Bertz CT molecular complexity index is 1800. The van der Waals surface area contributed by atoms with E-state index in [4.69, 9.17) is 15.2 Å². The van der Waals surface area contributed by atoms with Crippen molar-refractivity contribution < 1.29 is 24.2 Å². The molecular weight excluding hydrogens is 554 g/mol. The average Bonchev–Trinajstić information content (AvgIpc) is 3.03. The summed E-state index contributed by atoms with van der Waals surface area (Å²) in [4.78, 5) is 26.0. The molecule has 5 N–H and O–H groups in total. The van der Waals surface area contributed by atoms with Gasteiger partial charge in [-0.15, -0.1) is 0 Å². The van der Waals surface area contributed by atoms with Crippen LogP contribution in [0.4, 0.5) is 21.9 Å². The predicted molar refractivity (Wildman–Crippen MR) is 176 cm³/mol. The van der Waals surface area contributed by atoms with Gasteiger partial charge in [0.15, 0.2) is 6.10 Å². The van der Waals surface area contributed by atoms with Gasteiger partial charge in [0.2, 0.25) is 5.91 Å². The highest BCUT2D eigenvalue weighted by atomic mass is 16.6. The van der Waals surface area contributed by atoms with Crippen molar-refractivity contribution in [2.75, 3.05) is 23.0 Å². The van der Waals surface area contributed by atoms with Gasteiger partial charge >= 0.3 is 6.09 Å². The number of carbonyl (C=O) groups is 2. The van der Waals surface area contributed by atoms with Gasteiger partial charge in [0.25, 0.3) is 0 Å². The number of ether oxygens (including phenoxy) is 2. The Labute approximate surface area is 256 Å². The average molecular weight is 590 g/mol. The van der Waals surface area contributed by atoms with E-state index in [0.717, 1.165) is 16.2 Å². The lowest BCUT2D eigenvalue weighted by Crippen LogP contribution is -2.29. The van der Waals surface area contributed by atoms with Crippen molar-refractivity contribution in [3.05, 3.63) is 121 Å². The molecule has 5 aromatic carbocycles. The standard InChI is InChI=1S/C36H35N3O5/c1-2-43-33(20-9-10-21-34(41)38-31-18-8-7-17-29(31)37)35(28-22-23-32(40)27-16-6-5-15-26(27)28)44-36(42)39-30-19-11-13-24-12-3-4-14-25(24)30/h3-8,10-19,21-23,33,35,40H,2,9,20,37H2,1H3,(H,38,41)(H,39,42)/b21-10+/t33-,35-/m0/s1. The number of carbonyl (C=O) groups excluding carboxylic acids is 2. The number of rotatable bonds is 11. The predicted octanol–water partition coefficient (Wildman–Crippen LogP) is 7.95. The van der Waals surface area contributed by atoms with Crippen molar-refractivity contribution in [3.8, 4) is 5.75 Å². The van der Waals surface area contributed by atoms with Crippen LogP contribution in [0.2, 0.25) is 0 Å². The molecule has 8 heteroatoms. The van der Waals surface area contributed by atoms with Crippen LogP contribution in [0.1, 0.15) is 31.4 Å². The number of aromatic hydroxyl groups is 1. The number of hydrogen-bond acceptors (Lipinski definition) is 6. The molecule has 2 atom stereocenters. The maximum atomic E-state index is 13.5. The van der Waals surface area contributed by atoms with Crippen LogP contribution in [0.3, 0.4) is 0 Å². The number of para-hydroxylation sites is 2. The summed E-state index contributed by atoms with van der Waals surface area (Å²) in [6.45, 7) is 2.26. The van der Waals surface area contributed by atoms with Gasteiger partial charge in [0.05, 0.1) is 23.2 Å². The topological polar surface area (TPSA) is 123 Å². The molecule has 224 valence electrons. The second-order valence-electron chi connectivity index (χ2n) is 10.2. The zero-order chi connectivity index (χ0) is 30.9. The number of fused-ring (bicyclic) bond motifs is 2. The summed E-state index contributed by atoms with van der Waals surface area (Å²) in [6.07, 6.45) is 2.13. The van der Waals surface area contributed by atoms with Crippen molar-refractivity contribution >= 4 is 50.6 Å². The molecule has 0 saturated heterocycles. The van der Waals surface area contributed by atoms with Crippen LogP contribution < -0.4 is 16.4 Å². The van der Waals surface area contributed by atoms with E-state index >= 15 is 0 Å². The van der Waals surface area contributed by atoms with E-state index in [-0.39, 0.29) is 11.7 Å². The van der Waals surface area contributed by atoms with Gasteiger partial charge in [0, 0.05) is 22.9 Å². The first-order valence-corrected chi connectivity index (χ1v) is 14.5. The molecule has 5 rings (SSSR count). The first kappa shape index (κ1) is 30.1. The van der Waals surface area contributed by atoms with E-state index in [9.17, 15) is 14.7 Å². The molecule has 0 fully saturated rings. The second-order valence-corrected chi connectivity index (χ2v) is 10.2. The van der Waals surface area contributed by atoms with Crippen molar-refractivity contribution in [1.82, 2.24) is 0 Å². The number of amides is 2. The SMILES string of the molecule is CCO[C@@H](CC/C=C/C(=O)Nc1ccccc1N)[C@@H](OC(=O)Nc1cccc2ccccc12)c1ccc(O)c2ccccc12. The Balaban J connectivity index is 1.39. The molecule has 0 aliphatic carbocycles. The van der Waals surface area contributed by atoms with Crippen LogP contribution in [-0.4, -0.2) is 29.8 Å². The fraction of sp³-hybridized carbons (Fsp3) is 0.167. The zero-order valence-corrected chi connectivity index (χ0v) is 24.4. The molecule has 0 aromatic heterocycles. The van der Waals surface area contributed by atoms with Crippen molar-refractivity contribution in [3.63, 3.8) is 0 Å². The normalized spacial score (nSPS) is 12.7. The Morgan fingerprint density at radius 1 is 0.818 bits per heavy atom. The molecule has 0 radical (unpaired) electrons. The minimum absolute atomic E-state index is 0.129. The van der Waals surface area contributed by atoms with Gasteiger partial charge in [-0.1, -0.05) is 84.9 Å². The number of nitrogens with one attached hydrogen (secondary N) is 2. The van der Waals surface area contributed by atoms with Gasteiger partial charge in [-0.25, -0.2) is 4.79 Å². The molecule has 2 amide bonds. The number of allylic oxidation sites excluding steroid dienone is 1. The third kappa shape index (κ3) is 7.17. The minimum atomic E-state index is -0.818. The van der Waals surface area contributed by atoms with E-state index < -0.39 is 18.3 Å². The van der Waals surface area contributed by atoms with Crippen molar-refractivity contribution in [2.24, 2.45) is 0 Å². The minimum Gasteiger partial charge on any atom is -0.507 e. The molecule has 0 aliphatic rings. The number of hydrogen-bond donors (Lipinski definition) is 4. The van der Waals surface area contributed by atoms with E-state index in [1.165, 1.54) is 6.08 Å². The van der Waals surface area contributed by atoms with E-state index in [1.807, 2.05) is 73.7 Å². The molecule has 0 saturated carbocycles. The van der Waals surface area contributed by atoms with E-state index in [1.54, 1.807) is 42.5 Å². The summed E-state index contributed by atoms with van der Waals surface area (Å²) in [7, 11) is 0. The number of anilines is 3. The van der Waals surface area contributed by atoms with Crippen LogP contribution in [0.5, 0.6) is 5.75 Å². The van der Waals surface area contributed by atoms with Gasteiger partial charge in [0.1, 0.15) is 5.75 Å². The third-order valence-electron chi connectivity index (χ3n) is 7.33. The van der Waals surface area contributed by atoms with Crippen LogP contribution in [0.25, 0.3) is 21.5 Å². The molecule has 8 nitrogen and oxygen atoms in total. The van der Waals surface area contributed by atoms with Gasteiger partial charge in [-0.05, 0) is 60.9 Å². The number of nitrogens with two attached hydrogens (primary N) is 1. The van der Waals surface area contributed by atoms with Gasteiger partial charge < -0.3 is 25.6 Å². The molecule has 0 bridgehead atoms. The molecule has 0 unspecified atom stereocenters. The second kappa shape index (κ2) is 14.2. The largest absolute Gasteiger partial charge is 0.507 e. The maximum Gasteiger partial charge on any atom is 0.412 e. The summed E-state index contributed by atoms with van der Waals surface area (Å²) in [5.74, 6) is -0.174. The summed E-state index contributed by atoms with van der Waals surface area (Å²) in [6, 6.07) is 31.3. The summed E-state index contributed by atoms with van der Waals surface area (Å²) < 4.78 is 12.3. The number of phenolic OH excluding ortho intramolecular Hbond substituents is 1. The zero-order valence-electron chi connectivity index (χ0n) is 24.4. The molecular formula is C36H35N3O5. The fourth-order valence-corrected chi connectivity index (χ4v) is 5.26. The summed E-state index contributed by atoms with van der Waals surface area (Å²) in [5.41, 5.74) is 8.28. The Kier molecular flexibility index (Phi) is 9.74. The monoisotopic (exact) mass is 589 g/mol. The Morgan fingerprint density at radius 2 is 1.50 bits per heavy atom. The van der Waals surface area contributed by atoms with Crippen LogP contribution in [-0.2, 0) is 14.3 Å². The smallest absolute Gasteiger partial charge is 0.412 e. The highest BCUT2D eigenvalue weighted by Crippen LogP contribution is 2.36. The lowest BCUT2D eigenvalue weighted by Gasteiger charge is -2.28.